The molecule has 0 bridgehead atoms. The molecule has 0 amide bonds. The average Bonchev–Trinajstić information content (AvgIpc) is 2.92. The number of nitrogens with zero attached hydrogens (tertiary/aromatic N) is 2. The average molecular weight is 345 g/mol. The summed E-state index contributed by atoms with van der Waals surface area (Å²) in [5.41, 5.74) is 2.06. The van der Waals surface area contributed by atoms with Gasteiger partial charge in [0.1, 0.15) is 17.2 Å². The first-order valence-corrected chi connectivity index (χ1v) is 7.04. The second kappa shape index (κ2) is 5.61. The quantitative estimate of drug-likeness (QED) is 0.665. The number of carbonyl (C=O) groups is 1. The fraction of sp³-hybridized carbons (Fsp3) is 0. The van der Waals surface area contributed by atoms with Gasteiger partial charge < -0.3 is 0 Å². The highest BCUT2D eigenvalue weighted by atomic mass is 79.9. The molecule has 0 aliphatic rings. The number of hydrogen-bond donors (Lipinski definition) is 0. The molecule has 3 nitrogen and oxygen atoms in total. The van der Waals surface area contributed by atoms with Crippen molar-refractivity contribution >= 4 is 22.2 Å². The van der Waals surface area contributed by atoms with E-state index in [-0.39, 0.29) is 5.82 Å². The number of hydrogen-bond acceptors (Lipinski definition) is 2. The molecule has 0 aliphatic heterocycles. The maximum atomic E-state index is 13.8. The van der Waals surface area contributed by atoms with Crippen LogP contribution in [-0.4, -0.2) is 16.1 Å². The van der Waals surface area contributed by atoms with E-state index in [2.05, 4.69) is 21.0 Å². The minimum atomic E-state index is -0.389. The third-order valence-electron chi connectivity index (χ3n) is 3.09. The summed E-state index contributed by atoms with van der Waals surface area (Å²) >= 11 is 3.36. The van der Waals surface area contributed by atoms with E-state index in [1.165, 1.54) is 16.9 Å². The first-order valence-electron chi connectivity index (χ1n) is 6.25. The van der Waals surface area contributed by atoms with Crippen LogP contribution in [0.1, 0.15) is 10.4 Å². The standard InChI is InChI=1S/C16H10BrFN2O/c17-13-7-5-11(6-8-13)16-12(10-21)9-20(19-16)15-4-2-1-3-14(15)18/h1-10H. The first-order chi connectivity index (χ1) is 10.2. The highest BCUT2D eigenvalue weighted by molar-refractivity contribution is 9.10. The summed E-state index contributed by atoms with van der Waals surface area (Å²) in [5.74, 6) is -0.389. The van der Waals surface area contributed by atoms with E-state index >= 15 is 0 Å². The Labute approximate surface area is 129 Å². The number of aldehydes is 1. The molecule has 0 fully saturated rings. The van der Waals surface area contributed by atoms with Crippen LogP contribution in [0.2, 0.25) is 0 Å². The van der Waals surface area contributed by atoms with Crippen molar-refractivity contribution in [2.45, 2.75) is 0 Å². The van der Waals surface area contributed by atoms with Crippen molar-refractivity contribution < 1.29 is 9.18 Å². The molecule has 3 aromatic rings. The third-order valence-corrected chi connectivity index (χ3v) is 3.62. The topological polar surface area (TPSA) is 34.9 Å². The summed E-state index contributed by atoms with van der Waals surface area (Å²) in [6, 6.07) is 13.7. The number of carbonyl (C=O) groups excluding carboxylic acids is 1. The molecule has 1 aromatic heterocycles. The Morgan fingerprint density at radius 2 is 1.81 bits per heavy atom. The van der Waals surface area contributed by atoms with Gasteiger partial charge in [0.15, 0.2) is 6.29 Å². The fourth-order valence-electron chi connectivity index (χ4n) is 2.07. The molecule has 0 unspecified atom stereocenters. The van der Waals surface area contributed by atoms with E-state index in [1.54, 1.807) is 18.2 Å². The van der Waals surface area contributed by atoms with Gasteiger partial charge in [-0.15, -0.1) is 0 Å². The van der Waals surface area contributed by atoms with Crippen LogP contribution in [0.25, 0.3) is 16.9 Å². The predicted octanol–water partition coefficient (Wildman–Crippen LogP) is 4.25. The SMILES string of the molecule is O=Cc1cn(-c2ccccc2F)nc1-c1ccc(Br)cc1. The number of aromatic nitrogens is 2. The van der Waals surface area contributed by atoms with Crippen LogP contribution in [-0.2, 0) is 0 Å². The Morgan fingerprint density at radius 3 is 2.48 bits per heavy atom. The molecule has 0 spiro atoms. The molecule has 0 aliphatic carbocycles. The predicted molar refractivity (Wildman–Crippen MR) is 82.0 cm³/mol. The van der Waals surface area contributed by atoms with Crippen molar-refractivity contribution in [3.63, 3.8) is 0 Å². The number of para-hydroxylation sites is 1. The zero-order chi connectivity index (χ0) is 14.8. The van der Waals surface area contributed by atoms with Crippen molar-refractivity contribution in [2.24, 2.45) is 0 Å². The van der Waals surface area contributed by atoms with E-state index in [4.69, 9.17) is 0 Å². The van der Waals surface area contributed by atoms with Gasteiger partial charge in [0.2, 0.25) is 0 Å². The van der Waals surface area contributed by atoms with E-state index in [9.17, 15) is 9.18 Å². The van der Waals surface area contributed by atoms with Crippen molar-refractivity contribution in [3.8, 4) is 16.9 Å². The van der Waals surface area contributed by atoms with Crippen LogP contribution in [0.15, 0.2) is 59.2 Å². The van der Waals surface area contributed by atoms with E-state index in [0.29, 0.717) is 16.9 Å². The Balaban J connectivity index is 2.13. The van der Waals surface area contributed by atoms with Crippen LogP contribution < -0.4 is 0 Å². The summed E-state index contributed by atoms with van der Waals surface area (Å²) in [6.45, 7) is 0. The smallest absolute Gasteiger partial charge is 0.153 e. The van der Waals surface area contributed by atoms with E-state index in [0.717, 1.165) is 16.3 Å². The molecule has 5 heteroatoms. The van der Waals surface area contributed by atoms with E-state index in [1.807, 2.05) is 24.3 Å². The van der Waals surface area contributed by atoms with Crippen molar-refractivity contribution in [3.05, 3.63) is 70.6 Å². The molecule has 2 aromatic carbocycles. The largest absolute Gasteiger partial charge is 0.298 e. The Hall–Kier alpha value is -2.27. The second-order valence-corrected chi connectivity index (χ2v) is 5.37. The highest BCUT2D eigenvalue weighted by Gasteiger charge is 2.13. The molecule has 0 N–H and O–H groups in total. The monoisotopic (exact) mass is 344 g/mol. The first kappa shape index (κ1) is 13.7. The van der Waals surface area contributed by atoms with Crippen molar-refractivity contribution in [2.75, 3.05) is 0 Å². The van der Waals surface area contributed by atoms with Crippen molar-refractivity contribution in [1.82, 2.24) is 9.78 Å². The Morgan fingerprint density at radius 1 is 1.10 bits per heavy atom. The highest BCUT2D eigenvalue weighted by Crippen LogP contribution is 2.24. The summed E-state index contributed by atoms with van der Waals surface area (Å²) in [5, 5.41) is 4.34. The maximum Gasteiger partial charge on any atom is 0.153 e. The molecular weight excluding hydrogens is 335 g/mol. The fourth-order valence-corrected chi connectivity index (χ4v) is 2.33. The van der Waals surface area contributed by atoms with Gasteiger partial charge in [-0.25, -0.2) is 9.07 Å². The summed E-state index contributed by atoms with van der Waals surface area (Å²) in [4.78, 5) is 11.2. The van der Waals surface area contributed by atoms with Gasteiger partial charge in [-0.1, -0.05) is 40.2 Å². The molecule has 0 atom stereocenters. The van der Waals surface area contributed by atoms with Crippen LogP contribution in [0.4, 0.5) is 4.39 Å². The molecular formula is C16H10BrFN2O. The van der Waals surface area contributed by atoms with Gasteiger partial charge in [-0.05, 0) is 24.3 Å². The van der Waals surface area contributed by atoms with Gasteiger partial charge >= 0.3 is 0 Å². The molecule has 3 rings (SSSR count). The molecule has 104 valence electrons. The van der Waals surface area contributed by atoms with Crippen LogP contribution in [0, 0.1) is 5.82 Å². The lowest BCUT2D eigenvalue weighted by molar-refractivity contribution is 0.112. The minimum Gasteiger partial charge on any atom is -0.298 e. The van der Waals surface area contributed by atoms with E-state index < -0.39 is 0 Å². The second-order valence-electron chi connectivity index (χ2n) is 4.45. The lowest BCUT2D eigenvalue weighted by Gasteiger charge is -2.02. The Kier molecular flexibility index (Phi) is 3.66. The third kappa shape index (κ3) is 2.64. The number of halogens is 2. The summed E-state index contributed by atoms with van der Waals surface area (Å²) in [7, 11) is 0. The normalized spacial score (nSPS) is 10.6. The van der Waals surface area contributed by atoms with Crippen LogP contribution in [0.3, 0.4) is 0 Å². The van der Waals surface area contributed by atoms with Gasteiger partial charge in [-0.3, -0.25) is 4.79 Å². The van der Waals surface area contributed by atoms with Crippen LogP contribution in [0.5, 0.6) is 0 Å². The number of rotatable bonds is 3. The molecule has 1 heterocycles. The zero-order valence-electron chi connectivity index (χ0n) is 10.8. The molecule has 0 saturated heterocycles. The minimum absolute atomic E-state index is 0.309. The lowest BCUT2D eigenvalue weighted by Crippen LogP contribution is -1.97. The summed E-state index contributed by atoms with van der Waals surface area (Å²) < 4.78 is 16.1. The lowest BCUT2D eigenvalue weighted by atomic mass is 10.1. The van der Waals surface area contributed by atoms with Crippen LogP contribution >= 0.6 is 15.9 Å². The summed E-state index contributed by atoms with van der Waals surface area (Å²) in [6.07, 6.45) is 2.25. The zero-order valence-corrected chi connectivity index (χ0v) is 12.4. The van der Waals surface area contributed by atoms with Gasteiger partial charge in [0, 0.05) is 16.2 Å². The van der Waals surface area contributed by atoms with Gasteiger partial charge in [0.25, 0.3) is 0 Å². The van der Waals surface area contributed by atoms with Gasteiger partial charge in [-0.2, -0.15) is 5.10 Å². The van der Waals surface area contributed by atoms with Crippen molar-refractivity contribution in [1.29, 1.82) is 0 Å². The maximum absolute atomic E-state index is 13.8. The number of benzene rings is 2. The molecule has 21 heavy (non-hydrogen) atoms. The van der Waals surface area contributed by atoms with Gasteiger partial charge in [0.05, 0.1) is 5.56 Å². The molecule has 0 saturated carbocycles. The molecule has 0 radical (unpaired) electrons. The Bertz CT molecular complexity index is 796.